The molecule has 118 valence electrons. The van der Waals surface area contributed by atoms with Gasteiger partial charge in [-0.25, -0.2) is 9.37 Å². The largest absolute Gasteiger partial charge is 0.296 e. The summed E-state index contributed by atoms with van der Waals surface area (Å²) in [5, 5.41) is 0.484. The van der Waals surface area contributed by atoms with Crippen molar-refractivity contribution in [3.8, 4) is 0 Å². The number of hydrogen-bond acceptors (Lipinski definition) is 3. The second-order valence-electron chi connectivity index (χ2n) is 5.46. The van der Waals surface area contributed by atoms with Gasteiger partial charge in [0.25, 0.3) is 5.56 Å². The van der Waals surface area contributed by atoms with Crippen molar-refractivity contribution >= 4 is 17.2 Å². The van der Waals surface area contributed by atoms with Gasteiger partial charge in [-0.05, 0) is 36.9 Å². The Kier molecular flexibility index (Phi) is 4.41. The molecule has 0 unspecified atom stereocenters. The molecule has 23 heavy (non-hydrogen) atoms. The van der Waals surface area contributed by atoms with Gasteiger partial charge in [-0.2, -0.15) is 0 Å². The maximum atomic E-state index is 13.2. The Morgan fingerprint density at radius 1 is 1.22 bits per heavy atom. The first-order valence-electron chi connectivity index (χ1n) is 7.12. The van der Waals surface area contributed by atoms with Crippen molar-refractivity contribution in [2.45, 2.75) is 13.1 Å². The predicted molar refractivity (Wildman–Crippen MR) is 88.0 cm³/mol. The summed E-state index contributed by atoms with van der Waals surface area (Å²) in [4.78, 5) is 18.6. The highest BCUT2D eigenvalue weighted by molar-refractivity contribution is 6.30. The van der Waals surface area contributed by atoms with Gasteiger partial charge in [0.1, 0.15) is 11.5 Å². The molecule has 4 nitrogen and oxygen atoms in total. The molecular formula is C17H15ClFN3O. The van der Waals surface area contributed by atoms with Gasteiger partial charge >= 0.3 is 0 Å². The Morgan fingerprint density at radius 3 is 2.83 bits per heavy atom. The number of benzene rings is 1. The van der Waals surface area contributed by atoms with Crippen molar-refractivity contribution in [1.82, 2.24) is 14.3 Å². The molecule has 0 saturated carbocycles. The van der Waals surface area contributed by atoms with Crippen LogP contribution in [0.4, 0.5) is 4.39 Å². The van der Waals surface area contributed by atoms with E-state index < -0.39 is 0 Å². The molecule has 0 aliphatic carbocycles. The summed E-state index contributed by atoms with van der Waals surface area (Å²) in [5.41, 5.74) is 1.91. The fraction of sp³-hybridized carbons (Fsp3) is 0.176. The lowest BCUT2D eigenvalue weighted by Gasteiger charge is -2.16. The van der Waals surface area contributed by atoms with E-state index in [0.29, 0.717) is 29.5 Å². The first-order chi connectivity index (χ1) is 11.0. The van der Waals surface area contributed by atoms with Crippen LogP contribution in [0, 0.1) is 5.82 Å². The van der Waals surface area contributed by atoms with Crippen LogP contribution < -0.4 is 5.56 Å². The third kappa shape index (κ3) is 3.75. The molecule has 0 aliphatic rings. The zero-order valence-electron chi connectivity index (χ0n) is 12.5. The normalized spacial score (nSPS) is 11.3. The summed E-state index contributed by atoms with van der Waals surface area (Å²) in [7, 11) is 1.90. The van der Waals surface area contributed by atoms with Crippen molar-refractivity contribution in [3.63, 3.8) is 0 Å². The van der Waals surface area contributed by atoms with Crippen LogP contribution in [0.1, 0.15) is 11.3 Å². The number of hydrogen-bond donors (Lipinski definition) is 0. The zero-order chi connectivity index (χ0) is 16.4. The summed E-state index contributed by atoms with van der Waals surface area (Å²) in [5.74, 6) is -0.255. The number of rotatable bonds is 4. The molecule has 0 N–H and O–H groups in total. The third-order valence-electron chi connectivity index (χ3n) is 3.45. The van der Waals surface area contributed by atoms with E-state index in [9.17, 15) is 9.18 Å². The van der Waals surface area contributed by atoms with Crippen molar-refractivity contribution in [2.24, 2.45) is 0 Å². The molecule has 0 atom stereocenters. The van der Waals surface area contributed by atoms with Gasteiger partial charge in [0.2, 0.25) is 0 Å². The van der Waals surface area contributed by atoms with Gasteiger partial charge in [0.05, 0.1) is 10.7 Å². The zero-order valence-corrected chi connectivity index (χ0v) is 13.3. The van der Waals surface area contributed by atoms with Gasteiger partial charge < -0.3 is 0 Å². The van der Waals surface area contributed by atoms with E-state index in [0.717, 1.165) is 5.56 Å². The molecule has 0 aliphatic heterocycles. The van der Waals surface area contributed by atoms with Crippen molar-refractivity contribution in [1.29, 1.82) is 0 Å². The molecule has 1 aromatic carbocycles. The van der Waals surface area contributed by atoms with Crippen LogP contribution in [0.3, 0.4) is 0 Å². The Labute approximate surface area is 137 Å². The average Bonchev–Trinajstić information content (AvgIpc) is 2.48. The standard InChI is InChI=1S/C17H15ClFN3O/c1-21(9-12-3-2-4-14(19)7-12)11-15-8-17(23)22-10-13(18)5-6-16(22)20-15/h2-8,10H,9,11H2,1H3. The lowest BCUT2D eigenvalue weighted by Crippen LogP contribution is -2.21. The highest BCUT2D eigenvalue weighted by Gasteiger charge is 2.07. The third-order valence-corrected chi connectivity index (χ3v) is 3.67. The van der Waals surface area contributed by atoms with Crippen LogP contribution in [-0.4, -0.2) is 21.3 Å². The highest BCUT2D eigenvalue weighted by atomic mass is 35.5. The molecule has 2 aromatic heterocycles. The summed E-state index contributed by atoms with van der Waals surface area (Å²) in [6.07, 6.45) is 1.55. The maximum Gasteiger partial charge on any atom is 0.258 e. The van der Waals surface area contributed by atoms with Gasteiger partial charge in [-0.1, -0.05) is 23.7 Å². The number of nitrogens with zero attached hydrogens (tertiary/aromatic N) is 3. The molecule has 0 saturated heterocycles. The van der Waals surface area contributed by atoms with Crippen LogP contribution in [-0.2, 0) is 13.1 Å². The number of fused-ring (bicyclic) bond motifs is 1. The van der Waals surface area contributed by atoms with Crippen LogP contribution in [0.5, 0.6) is 0 Å². The second-order valence-corrected chi connectivity index (χ2v) is 5.90. The predicted octanol–water partition coefficient (Wildman–Crippen LogP) is 3.12. The highest BCUT2D eigenvalue weighted by Crippen LogP contribution is 2.11. The number of halogens is 2. The van der Waals surface area contributed by atoms with E-state index in [1.165, 1.54) is 22.6 Å². The molecule has 0 bridgehead atoms. The SMILES string of the molecule is CN(Cc1cccc(F)c1)Cc1cc(=O)n2cc(Cl)ccc2n1. The fourth-order valence-corrected chi connectivity index (χ4v) is 2.65. The molecule has 0 radical (unpaired) electrons. The van der Waals surface area contributed by atoms with Crippen LogP contribution in [0.2, 0.25) is 5.02 Å². The number of aromatic nitrogens is 2. The molecular weight excluding hydrogens is 317 g/mol. The molecule has 0 fully saturated rings. The number of pyridine rings is 1. The van der Waals surface area contributed by atoms with E-state index >= 15 is 0 Å². The van der Waals surface area contributed by atoms with Crippen molar-refractivity contribution in [2.75, 3.05) is 7.05 Å². The molecule has 3 aromatic rings. The monoisotopic (exact) mass is 331 g/mol. The molecule has 6 heteroatoms. The summed E-state index contributed by atoms with van der Waals surface area (Å²) >= 11 is 5.89. The van der Waals surface area contributed by atoms with Crippen molar-refractivity contribution < 1.29 is 4.39 Å². The minimum absolute atomic E-state index is 0.174. The molecule has 0 spiro atoms. The smallest absolute Gasteiger partial charge is 0.258 e. The second kappa shape index (κ2) is 6.48. The Hall–Kier alpha value is -2.24. The van der Waals surface area contributed by atoms with Crippen LogP contribution >= 0.6 is 11.6 Å². The lowest BCUT2D eigenvalue weighted by molar-refractivity contribution is 0.314. The van der Waals surface area contributed by atoms with E-state index in [1.807, 2.05) is 18.0 Å². The minimum Gasteiger partial charge on any atom is -0.296 e. The van der Waals surface area contributed by atoms with E-state index in [-0.39, 0.29) is 11.4 Å². The van der Waals surface area contributed by atoms with E-state index in [2.05, 4.69) is 4.98 Å². The summed E-state index contributed by atoms with van der Waals surface area (Å²) in [6.45, 7) is 1.06. The Balaban J connectivity index is 1.81. The Morgan fingerprint density at radius 2 is 2.04 bits per heavy atom. The fourth-order valence-electron chi connectivity index (χ4n) is 2.49. The van der Waals surface area contributed by atoms with Gasteiger partial charge in [0.15, 0.2) is 0 Å². The quantitative estimate of drug-likeness (QED) is 0.737. The minimum atomic E-state index is -0.255. The first kappa shape index (κ1) is 15.6. The molecule has 0 amide bonds. The van der Waals surface area contributed by atoms with E-state index in [4.69, 9.17) is 11.6 Å². The van der Waals surface area contributed by atoms with Crippen LogP contribution in [0.15, 0.2) is 53.5 Å². The van der Waals surface area contributed by atoms with Crippen LogP contribution in [0.25, 0.3) is 5.65 Å². The Bertz CT molecular complexity index is 910. The van der Waals surface area contributed by atoms with Gasteiger partial charge in [-0.15, -0.1) is 0 Å². The summed E-state index contributed by atoms with van der Waals surface area (Å²) < 4.78 is 14.6. The van der Waals surface area contributed by atoms with Crippen molar-refractivity contribution in [3.05, 3.63) is 81.1 Å². The van der Waals surface area contributed by atoms with Gasteiger partial charge in [-0.3, -0.25) is 14.1 Å². The average molecular weight is 332 g/mol. The summed E-state index contributed by atoms with van der Waals surface area (Å²) in [6, 6.07) is 11.4. The topological polar surface area (TPSA) is 37.6 Å². The maximum absolute atomic E-state index is 13.2. The molecule has 2 heterocycles. The first-order valence-corrected chi connectivity index (χ1v) is 7.50. The van der Waals surface area contributed by atoms with E-state index in [1.54, 1.807) is 24.4 Å². The molecule has 3 rings (SSSR count). The van der Waals surface area contributed by atoms with Gasteiger partial charge in [0, 0.05) is 25.4 Å². The lowest BCUT2D eigenvalue weighted by atomic mass is 10.2.